The van der Waals surface area contributed by atoms with Gasteiger partial charge in [-0.05, 0) is 36.8 Å². The summed E-state index contributed by atoms with van der Waals surface area (Å²) in [5.41, 5.74) is 4.85. The van der Waals surface area contributed by atoms with Gasteiger partial charge in [0.1, 0.15) is 6.08 Å². The van der Waals surface area contributed by atoms with Gasteiger partial charge >= 0.3 is 5.97 Å². The highest BCUT2D eigenvalue weighted by atomic mass is 16.5. The lowest BCUT2D eigenvalue weighted by Gasteiger charge is -2.35. The van der Waals surface area contributed by atoms with E-state index in [1.54, 1.807) is 0 Å². The largest absolute Gasteiger partial charge is 0.504 e. The van der Waals surface area contributed by atoms with Crippen molar-refractivity contribution in [1.82, 2.24) is 0 Å². The first-order chi connectivity index (χ1) is 13.8. The molecule has 3 atom stereocenters. The topological polar surface area (TPSA) is 92.8 Å². The van der Waals surface area contributed by atoms with E-state index in [1.807, 2.05) is 0 Å². The number of ether oxygens (including phenoxy) is 1. The van der Waals surface area contributed by atoms with Crippen molar-refractivity contribution in [2.24, 2.45) is 5.73 Å². The molecule has 20 heavy (non-hydrogen) atoms. The predicted octanol–water partition coefficient (Wildman–Crippen LogP) is 2.01. The van der Waals surface area contributed by atoms with Gasteiger partial charge in [-0.3, -0.25) is 4.79 Å². The predicted molar refractivity (Wildman–Crippen MR) is 74.5 cm³/mol. The van der Waals surface area contributed by atoms with Crippen molar-refractivity contribution >= 4 is 5.97 Å². The van der Waals surface area contributed by atoms with Gasteiger partial charge in [0.15, 0.2) is 11.5 Å². The number of benzene rings is 1. The summed E-state index contributed by atoms with van der Waals surface area (Å²) in [4.78, 5) is 11.9. The highest BCUT2D eigenvalue weighted by Crippen LogP contribution is 2.37. The number of carbonyl (C=O) groups is 1. The van der Waals surface area contributed by atoms with E-state index in [0.717, 1.165) is 0 Å². The molecule has 1 aliphatic rings. The Labute approximate surface area is 133 Å². The number of phenolic OH excluding ortho intramolecular Hbond substituents is 2. The number of rotatable bonds is 3. The molecule has 0 spiro atoms. The normalized spacial score (nSPS) is 49.1. The smallest absolute Gasteiger partial charge is 0.305 e. The quantitative estimate of drug-likeness (QED) is 0.585. The van der Waals surface area contributed by atoms with E-state index < -0.39 is 84.7 Å². The van der Waals surface area contributed by atoms with Crippen LogP contribution < -0.4 is 5.73 Å². The van der Waals surface area contributed by atoms with Crippen LogP contribution in [0.4, 0.5) is 0 Å². The molecule has 110 valence electrons. The molecule has 0 saturated heterocycles. The fourth-order valence-corrected chi connectivity index (χ4v) is 1.49. The maximum absolute atomic E-state index is 11.9. The second kappa shape index (κ2) is 6.13. The van der Waals surface area contributed by atoms with Gasteiger partial charge in [0, 0.05) is 26.6 Å². The number of nitrogens with two attached hydrogens (primary N) is 1. The Bertz CT molecular complexity index is 907. The molecule has 1 fully saturated rings. The second-order valence-electron chi connectivity index (χ2n) is 3.93. The molecule has 5 nitrogen and oxygen atoms in total. The number of hydrogen-bond acceptors (Lipinski definition) is 5. The summed E-state index contributed by atoms with van der Waals surface area (Å²) in [7, 11) is 0. The summed E-state index contributed by atoms with van der Waals surface area (Å²) >= 11 is 0. The fourth-order valence-electron chi connectivity index (χ4n) is 1.49. The average Bonchev–Trinajstić information content (AvgIpc) is 2.65. The van der Waals surface area contributed by atoms with Gasteiger partial charge in [-0.1, -0.05) is 13.0 Å². The highest BCUT2D eigenvalue weighted by Gasteiger charge is 2.34. The molecular weight excluding hydrogens is 258 g/mol. The Balaban J connectivity index is 3.02. The van der Waals surface area contributed by atoms with Crippen LogP contribution in [0.3, 0.4) is 0 Å². The van der Waals surface area contributed by atoms with Gasteiger partial charge in [-0.2, -0.15) is 0 Å². The first kappa shape index (κ1) is 5.93. The highest BCUT2D eigenvalue weighted by molar-refractivity contribution is 5.69. The van der Waals surface area contributed by atoms with Gasteiger partial charge in [-0.25, -0.2) is 0 Å². The van der Waals surface area contributed by atoms with Gasteiger partial charge < -0.3 is 20.7 Å². The number of phenols is 2. The molecule has 0 amide bonds. The van der Waals surface area contributed by atoms with Gasteiger partial charge in [0.05, 0.1) is 6.85 Å². The third kappa shape index (κ3) is 3.04. The summed E-state index contributed by atoms with van der Waals surface area (Å²) in [6, 6.07) is -6.72. The summed E-state index contributed by atoms with van der Waals surface area (Å²) in [5.74, 6) is -6.28. The van der Waals surface area contributed by atoms with E-state index in [9.17, 15) is 15.0 Å². The third-order valence-corrected chi connectivity index (χ3v) is 2.55. The van der Waals surface area contributed by atoms with Crippen molar-refractivity contribution in [3.8, 4) is 11.5 Å². The molecule has 1 aliphatic carbocycles. The maximum Gasteiger partial charge on any atom is 0.305 e. The van der Waals surface area contributed by atoms with Crippen LogP contribution >= 0.6 is 0 Å². The zero-order chi connectivity index (χ0) is 24.5. The van der Waals surface area contributed by atoms with Crippen LogP contribution in [0.15, 0.2) is 18.1 Å². The number of esters is 1. The third-order valence-electron chi connectivity index (χ3n) is 2.55. The number of hydrogen-bond donors (Lipinski definition) is 3. The monoisotopic (exact) mass is 290 g/mol. The van der Waals surface area contributed by atoms with E-state index in [1.165, 1.54) is 6.92 Å². The summed E-state index contributed by atoms with van der Waals surface area (Å²) in [5, 5.41) is 19.6. The molecule has 0 heterocycles. The van der Waals surface area contributed by atoms with Crippen LogP contribution in [0.25, 0.3) is 0 Å². The first-order valence-electron chi connectivity index (χ1n) is 11.3. The molecule has 2 rings (SSSR count). The molecule has 1 saturated carbocycles. The van der Waals surface area contributed by atoms with E-state index >= 15 is 0 Å². The number of carbonyl (C=O) groups excluding carboxylic acids is 1. The SMILES string of the molecule is [2H]c1c([2H])c(C2C([2H])([2H])C([2H])([2H])C([2H])([2H])C([2H])(OC(=O)CC)C2([2H])N)c([2H])c(O)c1O. The molecule has 0 radical (unpaired) electrons. The zero-order valence-corrected chi connectivity index (χ0v) is 10.6. The molecule has 0 bridgehead atoms. The van der Waals surface area contributed by atoms with Gasteiger partial charge in [-0.15, -0.1) is 0 Å². The summed E-state index contributed by atoms with van der Waals surface area (Å²) in [6.45, 7) is 1.27. The van der Waals surface area contributed by atoms with Crippen LogP contribution in [-0.4, -0.2) is 28.3 Å². The Morgan fingerprint density at radius 1 is 1.55 bits per heavy atom. The molecule has 0 aliphatic heterocycles. The average molecular weight is 290 g/mol. The standard InChI is InChI=1S/C15H21NO4/c1-2-14(19)20-13-5-3-4-10(15(13)16)9-6-7-11(17)12(18)8-9/h6-8,10,13,15,17-18H,2-5,16H2,1H3/i3D2,4D2,5D2,6D,7D,8D,13D,15D. The lowest BCUT2D eigenvalue weighted by atomic mass is 9.78. The maximum atomic E-state index is 11.9. The molecule has 3 unspecified atom stereocenters. The summed E-state index contributed by atoms with van der Waals surface area (Å²) < 4.78 is 94.5. The second-order valence-corrected chi connectivity index (χ2v) is 3.93. The van der Waals surface area contributed by atoms with E-state index in [4.69, 9.17) is 25.5 Å². The zero-order valence-electron chi connectivity index (χ0n) is 21.6. The van der Waals surface area contributed by atoms with Crippen molar-refractivity contribution in [1.29, 1.82) is 0 Å². The lowest BCUT2D eigenvalue weighted by Crippen LogP contribution is -2.45. The van der Waals surface area contributed by atoms with E-state index in [0.29, 0.717) is 0 Å². The number of aromatic hydroxyl groups is 2. The van der Waals surface area contributed by atoms with Crippen LogP contribution in [0, 0.1) is 0 Å². The van der Waals surface area contributed by atoms with Gasteiger partial charge in [0.2, 0.25) is 0 Å². The van der Waals surface area contributed by atoms with Crippen molar-refractivity contribution in [3.05, 3.63) is 23.7 Å². The van der Waals surface area contributed by atoms with Crippen molar-refractivity contribution in [2.75, 3.05) is 0 Å². The molecular formula is C15H21NO4. The van der Waals surface area contributed by atoms with Crippen LogP contribution in [0.5, 0.6) is 11.5 Å². The van der Waals surface area contributed by atoms with Crippen molar-refractivity contribution in [2.45, 2.75) is 50.5 Å². The minimum absolute atomic E-state index is 0.419. The van der Waals surface area contributed by atoms with Crippen LogP contribution in [0.2, 0.25) is 0 Å². The van der Waals surface area contributed by atoms with Crippen molar-refractivity contribution in [3.63, 3.8) is 0 Å². The Morgan fingerprint density at radius 2 is 2.30 bits per heavy atom. The Hall–Kier alpha value is -1.75. The fraction of sp³-hybridized carbons (Fsp3) is 0.533. The first-order valence-corrected chi connectivity index (χ1v) is 5.77. The lowest BCUT2D eigenvalue weighted by molar-refractivity contribution is -0.151. The van der Waals surface area contributed by atoms with Crippen molar-refractivity contribution < 1.29 is 34.8 Å². The molecule has 1 aromatic carbocycles. The summed E-state index contributed by atoms with van der Waals surface area (Å²) in [6.07, 6.45) is -14.9. The molecule has 1 aromatic rings. The molecule has 4 N–H and O–H groups in total. The van der Waals surface area contributed by atoms with Crippen LogP contribution in [0.1, 0.15) is 59.0 Å². The van der Waals surface area contributed by atoms with E-state index in [2.05, 4.69) is 0 Å². The van der Waals surface area contributed by atoms with Gasteiger partial charge in [0.25, 0.3) is 0 Å². The van der Waals surface area contributed by atoms with Crippen LogP contribution in [-0.2, 0) is 9.53 Å². The molecule has 5 heteroatoms. The molecule has 0 aromatic heterocycles. The van der Waals surface area contributed by atoms with E-state index in [-0.39, 0.29) is 0 Å². The minimum Gasteiger partial charge on any atom is -0.504 e. The Morgan fingerprint density at radius 3 is 3.00 bits per heavy atom. The Kier molecular flexibility index (Phi) is 1.82. The minimum atomic E-state index is -3.70.